The van der Waals surface area contributed by atoms with Crippen LogP contribution in [0.3, 0.4) is 0 Å². The van der Waals surface area contributed by atoms with Crippen molar-refractivity contribution in [3.8, 4) is 0 Å². The molecule has 0 aliphatic carbocycles. The minimum absolute atomic E-state index is 0.100. The van der Waals surface area contributed by atoms with Gasteiger partial charge in [-0.15, -0.1) is 0 Å². The summed E-state index contributed by atoms with van der Waals surface area (Å²) in [6.45, 7) is 6.67. The van der Waals surface area contributed by atoms with Crippen molar-refractivity contribution in [2.75, 3.05) is 13.6 Å². The maximum atomic E-state index is 12.1. The predicted octanol–water partition coefficient (Wildman–Crippen LogP) is 2.50. The first-order chi connectivity index (χ1) is 8.45. The second-order valence-electron chi connectivity index (χ2n) is 5.14. The maximum absolute atomic E-state index is 12.1. The second-order valence-corrected chi connectivity index (χ2v) is 5.14. The molecule has 1 aromatic carbocycles. The lowest BCUT2D eigenvalue weighted by Crippen LogP contribution is -2.31. The summed E-state index contributed by atoms with van der Waals surface area (Å²) in [7, 11) is 1.86. The van der Waals surface area contributed by atoms with Crippen LogP contribution in [0.15, 0.2) is 24.3 Å². The lowest BCUT2D eigenvalue weighted by molar-refractivity contribution is -0.132. The normalized spacial score (nSPS) is 14.1. The van der Waals surface area contributed by atoms with Gasteiger partial charge in [0.2, 0.25) is 5.91 Å². The molecule has 1 aromatic rings. The van der Waals surface area contributed by atoms with Gasteiger partial charge in [-0.3, -0.25) is 4.79 Å². The number of hydrogen-bond donors (Lipinski definition) is 1. The third kappa shape index (κ3) is 3.84. The van der Waals surface area contributed by atoms with Gasteiger partial charge in [-0.1, -0.05) is 36.8 Å². The Morgan fingerprint density at radius 2 is 1.83 bits per heavy atom. The monoisotopic (exact) mass is 248 g/mol. The van der Waals surface area contributed by atoms with E-state index in [4.69, 9.17) is 5.73 Å². The molecule has 1 amide bonds. The van der Waals surface area contributed by atoms with Crippen LogP contribution in [0, 0.1) is 12.8 Å². The molecule has 1 rings (SSSR count). The van der Waals surface area contributed by atoms with Gasteiger partial charge in [0.05, 0.1) is 6.04 Å². The van der Waals surface area contributed by atoms with Crippen LogP contribution in [0.5, 0.6) is 0 Å². The molecular weight excluding hydrogens is 224 g/mol. The Labute approximate surface area is 110 Å². The molecule has 100 valence electrons. The molecule has 0 bridgehead atoms. The van der Waals surface area contributed by atoms with Gasteiger partial charge in [0, 0.05) is 13.5 Å². The SMILES string of the molecule is Cc1ccc(C(C)N(C)C(=O)CC(C)CN)cc1. The number of nitrogens with zero attached hydrogens (tertiary/aromatic N) is 1. The van der Waals surface area contributed by atoms with E-state index >= 15 is 0 Å². The summed E-state index contributed by atoms with van der Waals surface area (Å²) in [6, 6.07) is 8.41. The molecule has 2 atom stereocenters. The maximum Gasteiger partial charge on any atom is 0.223 e. The van der Waals surface area contributed by atoms with Gasteiger partial charge in [-0.05, 0) is 31.9 Å². The van der Waals surface area contributed by atoms with Gasteiger partial charge in [-0.25, -0.2) is 0 Å². The van der Waals surface area contributed by atoms with Crippen molar-refractivity contribution in [1.29, 1.82) is 0 Å². The third-order valence-electron chi connectivity index (χ3n) is 3.46. The number of rotatable bonds is 5. The summed E-state index contributed by atoms with van der Waals surface area (Å²) in [5.41, 5.74) is 7.95. The van der Waals surface area contributed by atoms with Crippen molar-refractivity contribution in [1.82, 2.24) is 4.90 Å². The second kappa shape index (κ2) is 6.55. The molecule has 0 aromatic heterocycles. The van der Waals surface area contributed by atoms with Crippen molar-refractivity contribution in [2.24, 2.45) is 11.7 Å². The van der Waals surface area contributed by atoms with Gasteiger partial charge in [0.1, 0.15) is 0 Å². The summed E-state index contributed by atoms with van der Waals surface area (Å²) >= 11 is 0. The molecule has 0 aliphatic heterocycles. The van der Waals surface area contributed by atoms with Crippen LogP contribution in [0.25, 0.3) is 0 Å². The van der Waals surface area contributed by atoms with E-state index in [2.05, 4.69) is 38.1 Å². The van der Waals surface area contributed by atoms with E-state index in [0.717, 1.165) is 5.56 Å². The van der Waals surface area contributed by atoms with E-state index in [1.807, 2.05) is 14.0 Å². The summed E-state index contributed by atoms with van der Waals surface area (Å²) in [5.74, 6) is 0.395. The highest BCUT2D eigenvalue weighted by atomic mass is 16.2. The van der Waals surface area contributed by atoms with E-state index in [0.29, 0.717) is 13.0 Å². The fourth-order valence-electron chi connectivity index (χ4n) is 1.81. The first-order valence-corrected chi connectivity index (χ1v) is 6.48. The molecule has 0 spiro atoms. The smallest absolute Gasteiger partial charge is 0.223 e. The molecule has 0 saturated heterocycles. The number of aryl methyl sites for hydroxylation is 1. The number of benzene rings is 1. The van der Waals surface area contributed by atoms with Crippen molar-refractivity contribution < 1.29 is 4.79 Å². The molecule has 2 unspecified atom stereocenters. The van der Waals surface area contributed by atoms with Crippen LogP contribution in [-0.4, -0.2) is 24.4 Å². The van der Waals surface area contributed by atoms with Gasteiger partial charge >= 0.3 is 0 Å². The Bertz CT molecular complexity index is 386. The molecule has 0 aliphatic rings. The van der Waals surface area contributed by atoms with Gasteiger partial charge in [-0.2, -0.15) is 0 Å². The lowest BCUT2D eigenvalue weighted by atomic mass is 10.0. The van der Waals surface area contributed by atoms with Crippen molar-refractivity contribution in [3.05, 3.63) is 35.4 Å². The Morgan fingerprint density at radius 3 is 2.33 bits per heavy atom. The highest BCUT2D eigenvalue weighted by Gasteiger charge is 2.18. The van der Waals surface area contributed by atoms with E-state index in [9.17, 15) is 4.79 Å². The molecule has 3 heteroatoms. The molecule has 3 nitrogen and oxygen atoms in total. The number of carbonyl (C=O) groups excluding carboxylic acids is 1. The topological polar surface area (TPSA) is 46.3 Å². The third-order valence-corrected chi connectivity index (χ3v) is 3.46. The van der Waals surface area contributed by atoms with Crippen LogP contribution in [-0.2, 0) is 4.79 Å². The molecule has 0 heterocycles. The first-order valence-electron chi connectivity index (χ1n) is 6.48. The lowest BCUT2D eigenvalue weighted by Gasteiger charge is -2.26. The zero-order valence-corrected chi connectivity index (χ0v) is 11.8. The Kier molecular flexibility index (Phi) is 5.35. The molecular formula is C15H24N2O. The fraction of sp³-hybridized carbons (Fsp3) is 0.533. The van der Waals surface area contributed by atoms with E-state index in [1.165, 1.54) is 5.56 Å². The van der Waals surface area contributed by atoms with Crippen LogP contribution in [0.1, 0.15) is 37.4 Å². The molecule has 0 fully saturated rings. The minimum Gasteiger partial charge on any atom is -0.339 e. The summed E-state index contributed by atoms with van der Waals surface area (Å²) in [4.78, 5) is 13.9. The molecule has 0 radical (unpaired) electrons. The minimum atomic E-state index is 0.100. The van der Waals surface area contributed by atoms with Crippen LogP contribution in [0.2, 0.25) is 0 Å². The Balaban J connectivity index is 2.68. The van der Waals surface area contributed by atoms with E-state index < -0.39 is 0 Å². The number of amides is 1. The van der Waals surface area contributed by atoms with Crippen LogP contribution < -0.4 is 5.73 Å². The Hall–Kier alpha value is -1.35. The number of carbonyl (C=O) groups is 1. The fourth-order valence-corrected chi connectivity index (χ4v) is 1.81. The van der Waals surface area contributed by atoms with Gasteiger partial charge in [0.25, 0.3) is 0 Å². The predicted molar refractivity (Wildman–Crippen MR) is 75.2 cm³/mol. The largest absolute Gasteiger partial charge is 0.339 e. The average molecular weight is 248 g/mol. The van der Waals surface area contributed by atoms with Crippen molar-refractivity contribution >= 4 is 5.91 Å². The quantitative estimate of drug-likeness (QED) is 0.870. The molecule has 18 heavy (non-hydrogen) atoms. The summed E-state index contributed by atoms with van der Waals surface area (Å²) < 4.78 is 0. The number of hydrogen-bond acceptors (Lipinski definition) is 2. The average Bonchev–Trinajstić information content (AvgIpc) is 2.37. The zero-order chi connectivity index (χ0) is 13.7. The highest BCUT2D eigenvalue weighted by molar-refractivity contribution is 5.76. The number of nitrogens with two attached hydrogens (primary N) is 1. The van der Waals surface area contributed by atoms with Crippen molar-refractivity contribution in [2.45, 2.75) is 33.2 Å². The van der Waals surface area contributed by atoms with Gasteiger partial charge in [0.15, 0.2) is 0 Å². The van der Waals surface area contributed by atoms with E-state index in [1.54, 1.807) is 4.90 Å². The zero-order valence-electron chi connectivity index (χ0n) is 11.8. The summed E-state index contributed by atoms with van der Waals surface area (Å²) in [5, 5.41) is 0. The van der Waals surface area contributed by atoms with Crippen LogP contribution >= 0.6 is 0 Å². The molecule has 0 saturated carbocycles. The van der Waals surface area contributed by atoms with Gasteiger partial charge < -0.3 is 10.6 Å². The standard InChI is InChI=1S/C15H24N2O/c1-11-5-7-14(8-6-11)13(3)17(4)15(18)9-12(2)10-16/h5-8,12-13H,9-10,16H2,1-4H3. The van der Waals surface area contributed by atoms with Crippen molar-refractivity contribution in [3.63, 3.8) is 0 Å². The first kappa shape index (κ1) is 14.7. The Morgan fingerprint density at radius 1 is 1.28 bits per heavy atom. The van der Waals surface area contributed by atoms with Crippen LogP contribution in [0.4, 0.5) is 0 Å². The highest BCUT2D eigenvalue weighted by Crippen LogP contribution is 2.20. The molecule has 2 N–H and O–H groups in total. The van der Waals surface area contributed by atoms with E-state index in [-0.39, 0.29) is 17.9 Å². The summed E-state index contributed by atoms with van der Waals surface area (Å²) in [6.07, 6.45) is 0.517.